The molecule has 7 heteroatoms. The number of anilines is 1. The molecule has 1 aliphatic rings. The van der Waals surface area contributed by atoms with Crippen LogP contribution < -0.4 is 4.90 Å². The zero-order valence-corrected chi connectivity index (χ0v) is 14.8. The van der Waals surface area contributed by atoms with Crippen LogP contribution in [0.3, 0.4) is 0 Å². The Morgan fingerprint density at radius 2 is 1.96 bits per heavy atom. The predicted molar refractivity (Wildman–Crippen MR) is 100 cm³/mol. The molecule has 0 atom stereocenters. The Balaban J connectivity index is 1.64. The van der Waals surface area contributed by atoms with Gasteiger partial charge in [0.2, 0.25) is 5.91 Å². The maximum atomic E-state index is 12.9. The van der Waals surface area contributed by atoms with Crippen LogP contribution in [-0.2, 0) is 17.8 Å². The smallest absolute Gasteiger partial charge is 0.247 e. The van der Waals surface area contributed by atoms with Gasteiger partial charge >= 0.3 is 0 Å². The van der Waals surface area contributed by atoms with Gasteiger partial charge in [-0.15, -0.1) is 0 Å². The summed E-state index contributed by atoms with van der Waals surface area (Å²) < 4.78 is 2.15. The zero-order valence-electron chi connectivity index (χ0n) is 13.3. The minimum absolute atomic E-state index is 0.00216. The van der Waals surface area contributed by atoms with E-state index in [4.69, 9.17) is 23.8 Å². The molecule has 0 aliphatic carbocycles. The van der Waals surface area contributed by atoms with Crippen molar-refractivity contribution in [2.45, 2.75) is 13.0 Å². The van der Waals surface area contributed by atoms with Crippen molar-refractivity contribution >= 4 is 35.4 Å². The number of nitrogens with one attached hydrogen (secondary N) is 1. The summed E-state index contributed by atoms with van der Waals surface area (Å²) in [6.07, 6.45) is 0.878. The summed E-state index contributed by atoms with van der Waals surface area (Å²) in [7, 11) is 0. The number of amides is 1. The molecule has 1 N–H and O–H groups in total. The van der Waals surface area contributed by atoms with Gasteiger partial charge in [0, 0.05) is 22.8 Å². The first-order chi connectivity index (χ1) is 12.1. The van der Waals surface area contributed by atoms with Crippen LogP contribution in [-0.4, -0.2) is 27.2 Å². The minimum atomic E-state index is -0.00216. The molecule has 0 bridgehead atoms. The van der Waals surface area contributed by atoms with Crippen LogP contribution >= 0.6 is 23.8 Å². The standard InChI is InChI=1S/C18H15ClN4OS/c19-14-7-5-13(6-8-14)17-20-21-18(25)23(17)11-16(24)22-10-9-12-3-1-2-4-15(12)22/h1-8H,9-11H2,(H,21,25). The third-order valence-corrected chi connectivity index (χ3v) is 4.91. The van der Waals surface area contributed by atoms with E-state index in [0.29, 0.717) is 22.2 Å². The molecule has 25 heavy (non-hydrogen) atoms. The van der Waals surface area contributed by atoms with Gasteiger partial charge in [-0.2, -0.15) is 5.10 Å². The molecule has 0 saturated heterocycles. The number of H-pyrrole nitrogens is 1. The molecule has 0 spiro atoms. The van der Waals surface area contributed by atoms with Crippen LogP contribution in [0.1, 0.15) is 5.56 Å². The van der Waals surface area contributed by atoms with Crippen LogP contribution in [0, 0.1) is 4.77 Å². The van der Waals surface area contributed by atoms with E-state index < -0.39 is 0 Å². The molecule has 4 rings (SSSR count). The number of halogens is 1. The number of nitrogens with zero attached hydrogens (tertiary/aromatic N) is 3. The quantitative estimate of drug-likeness (QED) is 0.712. The summed E-state index contributed by atoms with van der Waals surface area (Å²) in [5.74, 6) is 0.625. The second-order valence-corrected chi connectivity index (χ2v) is 6.69. The van der Waals surface area contributed by atoms with Crippen molar-refractivity contribution in [3.63, 3.8) is 0 Å². The fraction of sp³-hybridized carbons (Fsp3) is 0.167. The lowest BCUT2D eigenvalue weighted by Gasteiger charge is -2.18. The number of aromatic nitrogens is 3. The van der Waals surface area contributed by atoms with Gasteiger partial charge in [0.15, 0.2) is 10.6 Å². The van der Waals surface area contributed by atoms with Crippen LogP contribution in [0.25, 0.3) is 11.4 Å². The van der Waals surface area contributed by atoms with Crippen molar-refractivity contribution in [2.75, 3.05) is 11.4 Å². The summed E-state index contributed by atoms with van der Waals surface area (Å²) in [5.41, 5.74) is 3.03. The molecular weight excluding hydrogens is 356 g/mol. The van der Waals surface area contributed by atoms with Crippen LogP contribution in [0.5, 0.6) is 0 Å². The van der Waals surface area contributed by atoms with Crippen LogP contribution in [0.2, 0.25) is 5.02 Å². The van der Waals surface area contributed by atoms with E-state index in [1.165, 1.54) is 5.56 Å². The lowest BCUT2D eigenvalue weighted by Crippen LogP contribution is -2.32. The number of benzene rings is 2. The van der Waals surface area contributed by atoms with E-state index in [-0.39, 0.29) is 12.5 Å². The van der Waals surface area contributed by atoms with Crippen molar-refractivity contribution in [1.29, 1.82) is 0 Å². The number of hydrogen-bond donors (Lipinski definition) is 1. The van der Waals surface area contributed by atoms with E-state index in [2.05, 4.69) is 16.3 Å². The Hall–Kier alpha value is -2.44. The van der Waals surface area contributed by atoms with E-state index in [1.807, 2.05) is 35.2 Å². The molecule has 1 aliphatic heterocycles. The highest BCUT2D eigenvalue weighted by Crippen LogP contribution is 2.28. The molecule has 2 heterocycles. The Morgan fingerprint density at radius 1 is 1.20 bits per heavy atom. The van der Waals surface area contributed by atoms with E-state index >= 15 is 0 Å². The first-order valence-electron chi connectivity index (χ1n) is 7.93. The van der Waals surface area contributed by atoms with Gasteiger partial charge < -0.3 is 4.90 Å². The van der Waals surface area contributed by atoms with Gasteiger partial charge in [-0.25, -0.2) is 0 Å². The largest absolute Gasteiger partial charge is 0.310 e. The molecule has 5 nitrogen and oxygen atoms in total. The minimum Gasteiger partial charge on any atom is -0.310 e. The normalized spacial score (nSPS) is 13.1. The summed E-state index contributed by atoms with van der Waals surface area (Å²) in [6, 6.07) is 15.3. The number of carbonyl (C=O) groups is 1. The van der Waals surface area contributed by atoms with Gasteiger partial charge in [0.05, 0.1) is 0 Å². The molecule has 0 unspecified atom stereocenters. The van der Waals surface area contributed by atoms with Gasteiger partial charge in [-0.1, -0.05) is 29.8 Å². The highest BCUT2D eigenvalue weighted by atomic mass is 35.5. The van der Waals surface area contributed by atoms with Crippen molar-refractivity contribution in [1.82, 2.24) is 14.8 Å². The first-order valence-corrected chi connectivity index (χ1v) is 8.71. The van der Waals surface area contributed by atoms with E-state index in [0.717, 1.165) is 17.7 Å². The topological polar surface area (TPSA) is 53.9 Å². The summed E-state index contributed by atoms with van der Waals surface area (Å²) >= 11 is 11.3. The van der Waals surface area contributed by atoms with Crippen molar-refractivity contribution in [3.05, 3.63) is 63.9 Å². The zero-order chi connectivity index (χ0) is 17.4. The molecule has 2 aromatic carbocycles. The second-order valence-electron chi connectivity index (χ2n) is 5.87. The van der Waals surface area contributed by atoms with Gasteiger partial charge in [0.1, 0.15) is 6.54 Å². The third kappa shape index (κ3) is 2.99. The van der Waals surface area contributed by atoms with Gasteiger partial charge in [-0.05, 0) is 54.5 Å². The maximum Gasteiger partial charge on any atom is 0.247 e. The average molecular weight is 371 g/mol. The summed E-state index contributed by atoms with van der Waals surface area (Å²) in [4.78, 5) is 14.7. The molecule has 0 fully saturated rings. The maximum absolute atomic E-state index is 12.9. The number of carbonyl (C=O) groups excluding carboxylic acids is 1. The SMILES string of the molecule is O=C(Cn1c(-c2ccc(Cl)cc2)n[nH]c1=S)N1CCc2ccccc21. The highest BCUT2D eigenvalue weighted by molar-refractivity contribution is 7.71. The lowest BCUT2D eigenvalue weighted by atomic mass is 10.2. The van der Waals surface area contributed by atoms with Crippen molar-refractivity contribution < 1.29 is 4.79 Å². The summed E-state index contributed by atoms with van der Waals surface area (Å²) in [5, 5.41) is 7.70. The fourth-order valence-corrected chi connectivity index (χ4v) is 3.42. The Kier molecular flexibility index (Phi) is 4.15. The number of aromatic amines is 1. The Morgan fingerprint density at radius 3 is 2.76 bits per heavy atom. The van der Waals surface area contributed by atoms with Crippen LogP contribution in [0.4, 0.5) is 5.69 Å². The molecule has 0 saturated carbocycles. The molecule has 126 valence electrons. The lowest BCUT2D eigenvalue weighted by molar-refractivity contribution is -0.119. The number of hydrogen-bond acceptors (Lipinski definition) is 3. The Labute approximate surface area is 154 Å². The molecule has 0 radical (unpaired) electrons. The monoisotopic (exact) mass is 370 g/mol. The fourth-order valence-electron chi connectivity index (χ4n) is 3.10. The predicted octanol–water partition coefficient (Wildman–Crippen LogP) is 3.85. The highest BCUT2D eigenvalue weighted by Gasteiger charge is 2.25. The van der Waals surface area contributed by atoms with Gasteiger partial charge in [-0.3, -0.25) is 14.5 Å². The first kappa shape index (κ1) is 16.1. The third-order valence-electron chi connectivity index (χ3n) is 4.34. The molecular formula is C18H15ClN4OS. The number of rotatable bonds is 3. The summed E-state index contributed by atoms with van der Waals surface area (Å²) in [6.45, 7) is 0.835. The average Bonchev–Trinajstić information content (AvgIpc) is 3.20. The molecule has 1 amide bonds. The van der Waals surface area contributed by atoms with Crippen molar-refractivity contribution in [3.8, 4) is 11.4 Å². The molecule has 1 aromatic heterocycles. The molecule has 3 aromatic rings. The van der Waals surface area contributed by atoms with E-state index in [1.54, 1.807) is 16.7 Å². The Bertz CT molecular complexity index is 993. The van der Waals surface area contributed by atoms with Gasteiger partial charge in [0.25, 0.3) is 0 Å². The number of para-hydroxylation sites is 1. The number of fused-ring (bicyclic) bond motifs is 1. The van der Waals surface area contributed by atoms with Crippen LogP contribution in [0.15, 0.2) is 48.5 Å². The van der Waals surface area contributed by atoms with Crippen molar-refractivity contribution in [2.24, 2.45) is 0 Å². The second kappa shape index (κ2) is 6.46. The van der Waals surface area contributed by atoms with E-state index in [9.17, 15) is 4.79 Å².